The van der Waals surface area contributed by atoms with E-state index in [4.69, 9.17) is 25.8 Å². The molecule has 2 aromatic rings. The number of carbonyl (C=O) groups is 3. The van der Waals surface area contributed by atoms with Crippen LogP contribution in [0, 0.1) is 0 Å². The van der Waals surface area contributed by atoms with Gasteiger partial charge in [0.25, 0.3) is 17.7 Å². The van der Waals surface area contributed by atoms with Crippen LogP contribution in [0.15, 0.2) is 53.2 Å². The van der Waals surface area contributed by atoms with E-state index in [1.807, 2.05) is 0 Å². The van der Waals surface area contributed by atoms with Crippen LogP contribution >= 0.6 is 11.6 Å². The van der Waals surface area contributed by atoms with Gasteiger partial charge >= 0.3 is 0 Å². The number of nitrogens with zero attached hydrogens (tertiary/aromatic N) is 1. The molecule has 2 N–H and O–H groups in total. The molecule has 10 heteroatoms. The Balaban J connectivity index is 1.47. The molecular weight excluding hydrogens is 462 g/mol. The molecule has 2 heterocycles. The fraction of sp³-hybridized carbons (Fsp3) is 0.292. The lowest BCUT2D eigenvalue weighted by molar-refractivity contribution is -0.120. The highest BCUT2D eigenvalue weighted by Crippen LogP contribution is 2.37. The van der Waals surface area contributed by atoms with E-state index < -0.39 is 11.8 Å². The molecule has 0 spiro atoms. The minimum Gasteiger partial charge on any atom is -0.497 e. The number of hydrogen-bond donors (Lipinski definition) is 2. The van der Waals surface area contributed by atoms with Crippen molar-refractivity contribution < 1.29 is 28.6 Å². The standard InChI is InChI=1S/C24H24ClN3O6/c1-32-16-9-10-19(33-2)18(12-16)28-23(30)20(25)21(24(28)31)27-15-7-5-14(6-8-15)22(29)26-13-17-4-3-11-34-17/h5-10,12,17,27H,3-4,11,13H2,1-2H3,(H,26,29). The van der Waals surface area contributed by atoms with Crippen LogP contribution in [0.3, 0.4) is 0 Å². The Hall–Kier alpha value is -3.56. The van der Waals surface area contributed by atoms with Crippen LogP contribution in [0.25, 0.3) is 0 Å². The molecule has 178 valence electrons. The summed E-state index contributed by atoms with van der Waals surface area (Å²) >= 11 is 6.23. The number of rotatable bonds is 8. The molecule has 2 aromatic carbocycles. The van der Waals surface area contributed by atoms with Gasteiger partial charge in [0.1, 0.15) is 22.2 Å². The lowest BCUT2D eigenvalue weighted by atomic mass is 10.1. The van der Waals surface area contributed by atoms with E-state index in [9.17, 15) is 14.4 Å². The minimum absolute atomic E-state index is 0.0519. The smallest absolute Gasteiger partial charge is 0.283 e. The van der Waals surface area contributed by atoms with Crippen LogP contribution in [0.1, 0.15) is 23.2 Å². The molecule has 1 atom stereocenters. The Kier molecular flexibility index (Phi) is 7.04. The Morgan fingerprint density at radius 3 is 2.53 bits per heavy atom. The van der Waals surface area contributed by atoms with Gasteiger partial charge in [0.15, 0.2) is 0 Å². The summed E-state index contributed by atoms with van der Waals surface area (Å²) in [4.78, 5) is 39.2. The Bertz CT molecular complexity index is 1140. The molecule has 0 aromatic heterocycles. The zero-order valence-corrected chi connectivity index (χ0v) is 19.5. The molecule has 3 amide bonds. The predicted octanol–water partition coefficient (Wildman–Crippen LogP) is 3.05. The average Bonchev–Trinajstić information content (AvgIpc) is 3.45. The molecule has 2 aliphatic heterocycles. The number of ether oxygens (including phenoxy) is 3. The first-order chi connectivity index (χ1) is 16.4. The largest absolute Gasteiger partial charge is 0.497 e. The molecule has 9 nitrogen and oxygen atoms in total. The van der Waals surface area contributed by atoms with Crippen LogP contribution < -0.4 is 25.0 Å². The van der Waals surface area contributed by atoms with Gasteiger partial charge < -0.3 is 24.8 Å². The monoisotopic (exact) mass is 485 g/mol. The fourth-order valence-electron chi connectivity index (χ4n) is 3.76. The highest BCUT2D eigenvalue weighted by molar-refractivity contribution is 6.53. The van der Waals surface area contributed by atoms with Gasteiger partial charge in [0.2, 0.25) is 0 Å². The van der Waals surface area contributed by atoms with Gasteiger partial charge in [-0.3, -0.25) is 14.4 Å². The van der Waals surface area contributed by atoms with Crippen molar-refractivity contribution in [2.75, 3.05) is 37.6 Å². The molecule has 0 saturated carbocycles. The normalized spacial score (nSPS) is 17.9. The first-order valence-electron chi connectivity index (χ1n) is 10.7. The lowest BCUT2D eigenvalue weighted by Gasteiger charge is -2.19. The number of amides is 3. The molecular formula is C24H24ClN3O6. The van der Waals surface area contributed by atoms with Crippen molar-refractivity contribution >= 4 is 40.7 Å². The second-order valence-electron chi connectivity index (χ2n) is 7.72. The van der Waals surface area contributed by atoms with Crippen LogP contribution in [0.4, 0.5) is 11.4 Å². The molecule has 0 bridgehead atoms. The molecule has 0 radical (unpaired) electrons. The minimum atomic E-state index is -0.689. The Morgan fingerprint density at radius 1 is 1.12 bits per heavy atom. The number of halogens is 1. The van der Waals surface area contributed by atoms with Gasteiger partial charge in [-0.05, 0) is 49.2 Å². The molecule has 34 heavy (non-hydrogen) atoms. The highest BCUT2D eigenvalue weighted by Gasteiger charge is 2.40. The van der Waals surface area contributed by atoms with E-state index >= 15 is 0 Å². The van der Waals surface area contributed by atoms with Crippen LogP contribution in [0.2, 0.25) is 0 Å². The highest BCUT2D eigenvalue weighted by atomic mass is 35.5. The summed E-state index contributed by atoms with van der Waals surface area (Å²) in [6, 6.07) is 11.3. The zero-order chi connectivity index (χ0) is 24.2. The third-order valence-corrected chi connectivity index (χ3v) is 5.94. The number of imide groups is 1. The Morgan fingerprint density at radius 2 is 1.88 bits per heavy atom. The fourth-order valence-corrected chi connectivity index (χ4v) is 3.98. The predicted molar refractivity (Wildman–Crippen MR) is 126 cm³/mol. The molecule has 1 unspecified atom stereocenters. The number of carbonyl (C=O) groups excluding carboxylic acids is 3. The SMILES string of the molecule is COc1ccc(OC)c(N2C(=O)C(Cl)=C(Nc3ccc(C(=O)NCC4CCCO4)cc3)C2=O)c1. The van der Waals surface area contributed by atoms with E-state index in [2.05, 4.69) is 10.6 Å². The van der Waals surface area contributed by atoms with Gasteiger partial charge in [-0.15, -0.1) is 0 Å². The van der Waals surface area contributed by atoms with Gasteiger partial charge in [-0.2, -0.15) is 0 Å². The third-order valence-electron chi connectivity index (χ3n) is 5.58. The summed E-state index contributed by atoms with van der Waals surface area (Å²) in [7, 11) is 2.91. The van der Waals surface area contributed by atoms with Crippen LogP contribution in [0.5, 0.6) is 11.5 Å². The Labute approximate surface area is 201 Å². The quantitative estimate of drug-likeness (QED) is 0.553. The number of methoxy groups -OCH3 is 2. The van der Waals surface area contributed by atoms with Crippen molar-refractivity contribution in [1.29, 1.82) is 0 Å². The molecule has 2 aliphatic rings. The molecule has 4 rings (SSSR count). The van der Waals surface area contributed by atoms with Crippen LogP contribution in [-0.2, 0) is 14.3 Å². The second kappa shape index (κ2) is 10.1. The number of nitrogens with one attached hydrogen (secondary N) is 2. The molecule has 0 aliphatic carbocycles. The van der Waals surface area contributed by atoms with Crippen molar-refractivity contribution in [3.8, 4) is 11.5 Å². The zero-order valence-electron chi connectivity index (χ0n) is 18.7. The van der Waals surface area contributed by atoms with Gasteiger partial charge in [-0.25, -0.2) is 4.90 Å². The lowest BCUT2D eigenvalue weighted by Crippen LogP contribution is -2.32. The summed E-state index contributed by atoms with van der Waals surface area (Å²) in [6.07, 6.45) is 1.99. The van der Waals surface area contributed by atoms with E-state index in [0.29, 0.717) is 29.3 Å². The summed E-state index contributed by atoms with van der Waals surface area (Å²) in [6.45, 7) is 1.18. The van der Waals surface area contributed by atoms with Crippen molar-refractivity contribution in [2.45, 2.75) is 18.9 Å². The number of hydrogen-bond acceptors (Lipinski definition) is 7. The van der Waals surface area contributed by atoms with E-state index in [-0.39, 0.29) is 28.4 Å². The maximum atomic E-state index is 13.1. The number of anilines is 2. The summed E-state index contributed by atoms with van der Waals surface area (Å²) in [5.41, 5.74) is 1.09. The van der Waals surface area contributed by atoms with Gasteiger partial charge in [0, 0.05) is 30.5 Å². The van der Waals surface area contributed by atoms with Crippen molar-refractivity contribution in [3.63, 3.8) is 0 Å². The third kappa shape index (κ3) is 4.71. The van der Waals surface area contributed by atoms with Gasteiger partial charge in [0.05, 0.1) is 26.0 Å². The van der Waals surface area contributed by atoms with E-state index in [0.717, 1.165) is 24.3 Å². The summed E-state index contributed by atoms with van der Waals surface area (Å²) in [5, 5.41) is 5.49. The average molecular weight is 486 g/mol. The maximum absolute atomic E-state index is 13.1. The van der Waals surface area contributed by atoms with E-state index in [1.165, 1.54) is 20.3 Å². The van der Waals surface area contributed by atoms with Crippen LogP contribution in [-0.4, -0.2) is 51.2 Å². The summed E-state index contributed by atoms with van der Waals surface area (Å²) in [5.74, 6) is -0.789. The first kappa shape index (κ1) is 23.6. The topological polar surface area (TPSA) is 106 Å². The van der Waals surface area contributed by atoms with Crippen molar-refractivity contribution in [2.24, 2.45) is 0 Å². The second-order valence-corrected chi connectivity index (χ2v) is 8.10. The summed E-state index contributed by atoms with van der Waals surface area (Å²) < 4.78 is 16.0. The maximum Gasteiger partial charge on any atom is 0.283 e. The molecule has 1 saturated heterocycles. The first-order valence-corrected chi connectivity index (χ1v) is 11.1. The van der Waals surface area contributed by atoms with Crippen molar-refractivity contribution in [3.05, 3.63) is 58.8 Å². The van der Waals surface area contributed by atoms with Crippen molar-refractivity contribution in [1.82, 2.24) is 5.32 Å². The van der Waals surface area contributed by atoms with Gasteiger partial charge in [-0.1, -0.05) is 11.6 Å². The molecule has 1 fully saturated rings. The van der Waals surface area contributed by atoms with E-state index in [1.54, 1.807) is 36.4 Å². The number of benzene rings is 2.